The van der Waals surface area contributed by atoms with Crippen LogP contribution in [0.15, 0.2) is 72.5 Å². The van der Waals surface area contributed by atoms with E-state index in [0.29, 0.717) is 11.3 Å². The van der Waals surface area contributed by atoms with Gasteiger partial charge in [-0.05, 0) is 42.8 Å². The van der Waals surface area contributed by atoms with Crippen molar-refractivity contribution in [3.8, 4) is 0 Å². The van der Waals surface area contributed by atoms with Gasteiger partial charge in [0, 0.05) is 23.6 Å². The fourth-order valence-electron chi connectivity index (χ4n) is 3.79. The average Bonchev–Trinajstić information content (AvgIpc) is 2.82. The van der Waals surface area contributed by atoms with Gasteiger partial charge in [-0.3, -0.25) is 15.2 Å². The third-order valence-electron chi connectivity index (χ3n) is 5.40. The Morgan fingerprint density at radius 2 is 1.89 bits per heavy atom. The molecule has 0 aromatic heterocycles. The highest BCUT2D eigenvalue weighted by molar-refractivity contribution is 6.10. The zero-order valence-corrected chi connectivity index (χ0v) is 19.0. The first-order valence-electron chi connectivity index (χ1n) is 10.4. The van der Waals surface area contributed by atoms with Crippen molar-refractivity contribution in [2.24, 2.45) is 0 Å². The highest BCUT2D eigenvalue weighted by Gasteiger charge is 2.44. The molecule has 1 atom stereocenters. The zero-order valence-electron chi connectivity index (χ0n) is 19.0. The van der Waals surface area contributed by atoms with Crippen molar-refractivity contribution in [1.82, 2.24) is 10.2 Å². The Bertz CT molecular complexity index is 1190. The number of carbonyl (C=O) groups is 2. The molecule has 1 unspecified atom stereocenters. The lowest BCUT2D eigenvalue weighted by molar-refractivity contribution is -0.138. The number of anilines is 2. The Morgan fingerprint density at radius 1 is 1.23 bits per heavy atom. The van der Waals surface area contributed by atoms with E-state index in [9.17, 15) is 22.8 Å². The molecule has 0 spiro atoms. The van der Waals surface area contributed by atoms with Crippen molar-refractivity contribution >= 4 is 29.3 Å². The highest BCUT2D eigenvalue weighted by atomic mass is 19.4. The number of allylic oxidation sites excluding steroid dienone is 1. The lowest BCUT2D eigenvalue weighted by Crippen LogP contribution is -2.56. The molecule has 1 aliphatic heterocycles. The van der Waals surface area contributed by atoms with Crippen LogP contribution in [0.2, 0.25) is 0 Å². The van der Waals surface area contributed by atoms with Gasteiger partial charge in [0.15, 0.2) is 0 Å². The maximum absolute atomic E-state index is 13.4. The lowest BCUT2D eigenvalue weighted by atomic mass is 9.92. The minimum atomic E-state index is -4.63. The van der Waals surface area contributed by atoms with Crippen molar-refractivity contribution in [1.29, 1.82) is 5.41 Å². The predicted molar refractivity (Wildman–Crippen MR) is 125 cm³/mol. The zero-order chi connectivity index (χ0) is 25.9. The number of alkyl halides is 3. The van der Waals surface area contributed by atoms with Crippen LogP contribution in [-0.4, -0.2) is 36.5 Å². The minimum absolute atomic E-state index is 0.0283. The number of nitrogens with one attached hydrogen (secondary N) is 2. The summed E-state index contributed by atoms with van der Waals surface area (Å²) in [5.41, 5.74) is 5.78. The van der Waals surface area contributed by atoms with Gasteiger partial charge in [-0.25, -0.2) is 9.59 Å². The highest BCUT2D eigenvalue weighted by Crippen LogP contribution is 2.41. The van der Waals surface area contributed by atoms with Crippen LogP contribution in [0.3, 0.4) is 0 Å². The lowest BCUT2D eigenvalue weighted by Gasteiger charge is -2.43. The Hall–Kier alpha value is -4.28. The van der Waals surface area contributed by atoms with Crippen molar-refractivity contribution in [2.75, 3.05) is 24.3 Å². The molecule has 0 fully saturated rings. The second-order valence-electron chi connectivity index (χ2n) is 7.61. The SMILES string of the molecule is C=CCNC(=O)N1C(=N)N(c2cccc(C(F)(F)F)c2)C(C)=C(C(=O)OC)C1c1ccc(N)cc1. The number of nitrogens with zero attached hydrogens (tertiary/aromatic N) is 2. The molecule has 2 amide bonds. The third kappa shape index (κ3) is 4.98. The molecule has 0 bridgehead atoms. The standard InChI is InChI=1S/C24H24F3N5O3/c1-4-12-30-23(34)32-20(15-8-10-17(28)11-9-15)19(21(33)35-3)14(2)31(22(32)29)18-7-5-6-16(13-18)24(25,26)27/h4-11,13,20,29H,1,12,28H2,2-3H3,(H,30,34). The van der Waals surface area contributed by atoms with Gasteiger partial charge in [0.25, 0.3) is 0 Å². The number of methoxy groups -OCH3 is 1. The second-order valence-corrected chi connectivity index (χ2v) is 7.61. The van der Waals surface area contributed by atoms with E-state index < -0.39 is 35.7 Å². The predicted octanol–water partition coefficient (Wildman–Crippen LogP) is 4.43. The van der Waals surface area contributed by atoms with Gasteiger partial charge in [0.1, 0.15) is 6.04 Å². The number of benzene rings is 2. The Morgan fingerprint density at radius 3 is 2.46 bits per heavy atom. The normalized spacial score (nSPS) is 16.3. The number of ether oxygens (including phenoxy) is 1. The number of halogens is 3. The average molecular weight is 487 g/mol. The molecule has 11 heteroatoms. The topological polar surface area (TPSA) is 112 Å². The van der Waals surface area contributed by atoms with Crippen LogP contribution in [0.4, 0.5) is 29.3 Å². The molecule has 0 saturated heterocycles. The van der Waals surface area contributed by atoms with Crippen LogP contribution in [0.1, 0.15) is 24.1 Å². The van der Waals surface area contributed by atoms with Crippen molar-refractivity contribution < 1.29 is 27.5 Å². The number of nitrogens with two attached hydrogens (primary N) is 1. The summed E-state index contributed by atoms with van der Waals surface area (Å²) in [6, 6.07) is 8.74. The molecule has 1 heterocycles. The van der Waals surface area contributed by atoms with Gasteiger partial charge >= 0.3 is 18.2 Å². The number of hydrogen-bond acceptors (Lipinski definition) is 5. The van der Waals surface area contributed by atoms with Crippen LogP contribution >= 0.6 is 0 Å². The van der Waals surface area contributed by atoms with E-state index in [1.54, 1.807) is 24.3 Å². The molecule has 4 N–H and O–H groups in total. The number of urea groups is 1. The molecular formula is C24H24F3N5O3. The first-order chi connectivity index (χ1) is 16.5. The summed E-state index contributed by atoms with van der Waals surface area (Å²) in [4.78, 5) is 28.2. The van der Waals surface area contributed by atoms with E-state index in [1.165, 1.54) is 25.1 Å². The van der Waals surface area contributed by atoms with Crippen LogP contribution in [0, 0.1) is 5.41 Å². The molecular weight excluding hydrogens is 463 g/mol. The second kappa shape index (κ2) is 9.92. The quantitative estimate of drug-likeness (QED) is 0.328. The van der Waals surface area contributed by atoms with Crippen LogP contribution in [0.25, 0.3) is 0 Å². The van der Waals surface area contributed by atoms with Gasteiger partial charge < -0.3 is 15.8 Å². The van der Waals surface area contributed by atoms with Crippen molar-refractivity contribution in [3.63, 3.8) is 0 Å². The maximum atomic E-state index is 13.4. The molecule has 0 aliphatic carbocycles. The van der Waals surface area contributed by atoms with Gasteiger partial charge in [-0.1, -0.05) is 24.3 Å². The summed E-state index contributed by atoms with van der Waals surface area (Å²) in [7, 11) is 1.15. The number of rotatable bonds is 5. The van der Waals surface area contributed by atoms with E-state index in [0.717, 1.165) is 29.0 Å². The van der Waals surface area contributed by atoms with E-state index >= 15 is 0 Å². The number of nitrogen functional groups attached to an aromatic ring is 1. The van der Waals surface area contributed by atoms with E-state index in [-0.39, 0.29) is 23.5 Å². The molecule has 2 aromatic rings. The first-order valence-corrected chi connectivity index (χ1v) is 10.4. The number of carbonyl (C=O) groups excluding carboxylic acids is 2. The van der Waals surface area contributed by atoms with E-state index in [1.807, 2.05) is 0 Å². The molecule has 0 radical (unpaired) electrons. The molecule has 35 heavy (non-hydrogen) atoms. The molecule has 8 nitrogen and oxygen atoms in total. The van der Waals surface area contributed by atoms with E-state index in [2.05, 4.69) is 11.9 Å². The summed E-state index contributed by atoms with van der Waals surface area (Å²) in [5.74, 6) is -1.27. The van der Waals surface area contributed by atoms with Gasteiger partial charge in [-0.2, -0.15) is 13.2 Å². The minimum Gasteiger partial charge on any atom is -0.466 e. The van der Waals surface area contributed by atoms with Gasteiger partial charge in [0.05, 0.1) is 18.2 Å². The summed E-state index contributed by atoms with van der Waals surface area (Å²) < 4.78 is 45.2. The van der Waals surface area contributed by atoms with Crippen LogP contribution in [0.5, 0.6) is 0 Å². The fraction of sp³-hybridized carbons (Fsp3) is 0.208. The summed E-state index contributed by atoms with van der Waals surface area (Å²) in [6.07, 6.45) is -3.21. The Balaban J connectivity index is 2.29. The molecule has 0 saturated carbocycles. The maximum Gasteiger partial charge on any atom is 0.416 e. The summed E-state index contributed by atoms with van der Waals surface area (Å²) in [6.45, 7) is 5.08. The number of guanidine groups is 1. The smallest absolute Gasteiger partial charge is 0.416 e. The Labute approximate surface area is 200 Å². The van der Waals surface area contributed by atoms with Crippen LogP contribution < -0.4 is 16.0 Å². The molecule has 184 valence electrons. The number of hydrogen-bond donors (Lipinski definition) is 3. The van der Waals surface area contributed by atoms with Crippen LogP contribution in [-0.2, 0) is 15.7 Å². The molecule has 1 aliphatic rings. The monoisotopic (exact) mass is 487 g/mol. The van der Waals surface area contributed by atoms with Gasteiger partial charge in [0.2, 0.25) is 5.96 Å². The summed E-state index contributed by atoms with van der Waals surface area (Å²) in [5, 5.41) is 11.4. The summed E-state index contributed by atoms with van der Waals surface area (Å²) >= 11 is 0. The van der Waals surface area contributed by atoms with Crippen molar-refractivity contribution in [2.45, 2.75) is 19.1 Å². The Kier molecular flexibility index (Phi) is 7.18. The molecule has 3 rings (SSSR count). The molecule has 2 aromatic carbocycles. The number of esters is 1. The van der Waals surface area contributed by atoms with Gasteiger partial charge in [-0.15, -0.1) is 6.58 Å². The van der Waals surface area contributed by atoms with E-state index in [4.69, 9.17) is 15.9 Å². The van der Waals surface area contributed by atoms with Crippen molar-refractivity contribution in [3.05, 3.63) is 83.6 Å². The first kappa shape index (κ1) is 25.3. The number of amides is 2. The largest absolute Gasteiger partial charge is 0.466 e. The fourth-order valence-corrected chi connectivity index (χ4v) is 3.79. The third-order valence-corrected chi connectivity index (χ3v) is 5.40.